The van der Waals surface area contributed by atoms with Crippen LogP contribution in [0, 0.1) is 0 Å². The van der Waals surface area contributed by atoms with Gasteiger partial charge in [-0.15, -0.1) is 0 Å². The van der Waals surface area contributed by atoms with Crippen LogP contribution in [0.4, 0.5) is 0 Å². The maximum absolute atomic E-state index is 2.31. The van der Waals surface area contributed by atoms with Gasteiger partial charge in [0.2, 0.25) is 0 Å². The van der Waals surface area contributed by atoms with Crippen molar-refractivity contribution < 1.29 is 0 Å². The van der Waals surface area contributed by atoms with Gasteiger partial charge in [0.1, 0.15) is 0 Å². The summed E-state index contributed by atoms with van der Waals surface area (Å²) in [5, 5.41) is 0. The zero-order valence-electron chi connectivity index (χ0n) is 8.53. The van der Waals surface area contributed by atoms with E-state index in [0.29, 0.717) is 0 Å². The molecule has 0 rings (SSSR count). The van der Waals surface area contributed by atoms with Crippen molar-refractivity contribution in [2.24, 2.45) is 0 Å². The summed E-state index contributed by atoms with van der Waals surface area (Å²) in [6, 6.07) is 0. The Labute approximate surface area is 81.3 Å². The van der Waals surface area contributed by atoms with E-state index >= 15 is 0 Å². The fraction of sp³-hybridized carbons (Fsp3) is 1.00. The molecule has 0 amide bonds. The van der Waals surface area contributed by atoms with Gasteiger partial charge in [0.05, 0.1) is 0 Å². The van der Waals surface area contributed by atoms with Crippen LogP contribution in [0.5, 0.6) is 0 Å². The topological polar surface area (TPSA) is 0 Å². The summed E-state index contributed by atoms with van der Waals surface area (Å²) in [4.78, 5) is 0. The Bertz CT molecular complexity index is 69.3. The summed E-state index contributed by atoms with van der Waals surface area (Å²) < 4.78 is 0.904. The summed E-state index contributed by atoms with van der Waals surface area (Å²) in [7, 11) is 0. The van der Waals surface area contributed by atoms with Gasteiger partial charge in [0.15, 0.2) is 0 Å². The van der Waals surface area contributed by atoms with Gasteiger partial charge in [0.25, 0.3) is 0 Å². The molecule has 1 heteroatoms. The molecule has 0 aliphatic heterocycles. The normalized spacial score (nSPS) is 13.5. The molecule has 0 nitrogen and oxygen atoms in total. The van der Waals surface area contributed by atoms with Crippen LogP contribution in [0.2, 0.25) is 4.59 Å². The Morgan fingerprint density at radius 2 is 1.55 bits per heavy atom. The van der Waals surface area contributed by atoms with Crippen LogP contribution in [0.25, 0.3) is 0 Å². The average Bonchev–Trinajstić information content (AvgIpc) is 1.96. The van der Waals surface area contributed by atoms with Crippen LogP contribution in [-0.2, 0) is 0 Å². The zero-order valence-corrected chi connectivity index (χ0v) is 8.53. The number of hydrogen-bond acceptors (Lipinski definition) is 0. The SMILES string of the molecule is [Li][CH](C)CCCCCCCC. The standard InChI is InChI=1S/C10H21.Li/c1-3-5-7-9-10-8-6-4-2;/h3H,4-10H2,1-2H3;. The van der Waals surface area contributed by atoms with Gasteiger partial charge >= 0.3 is 81.1 Å². The summed E-state index contributed by atoms with van der Waals surface area (Å²) in [6.07, 6.45) is 10.0. The number of rotatable bonds is 7. The predicted molar refractivity (Wildman–Crippen MR) is 53.2 cm³/mol. The Balaban J connectivity index is 2.80. The molecule has 0 N–H and O–H groups in total. The van der Waals surface area contributed by atoms with Gasteiger partial charge in [-0.25, -0.2) is 0 Å². The molecule has 0 aliphatic rings. The van der Waals surface area contributed by atoms with Crippen molar-refractivity contribution in [2.45, 2.75) is 63.4 Å². The van der Waals surface area contributed by atoms with Crippen LogP contribution < -0.4 is 0 Å². The van der Waals surface area contributed by atoms with Gasteiger partial charge in [-0.1, -0.05) is 0 Å². The second-order valence-electron chi connectivity index (χ2n) is 3.95. The monoisotopic (exact) mass is 148 g/mol. The first kappa shape index (κ1) is 11.6. The molecule has 0 saturated carbocycles. The summed E-state index contributed by atoms with van der Waals surface area (Å²) in [5.41, 5.74) is 0. The molecule has 0 radical (unpaired) electrons. The molecule has 0 bridgehead atoms. The van der Waals surface area contributed by atoms with E-state index in [9.17, 15) is 0 Å². The van der Waals surface area contributed by atoms with Crippen LogP contribution in [0.1, 0.15) is 58.8 Å². The average molecular weight is 148 g/mol. The van der Waals surface area contributed by atoms with Crippen LogP contribution in [-0.4, -0.2) is 17.7 Å². The second-order valence-corrected chi connectivity index (χ2v) is 3.95. The minimum absolute atomic E-state index is 0.904. The van der Waals surface area contributed by atoms with Crippen molar-refractivity contribution in [1.82, 2.24) is 0 Å². The summed E-state index contributed by atoms with van der Waals surface area (Å²) in [6.45, 7) is 4.58. The van der Waals surface area contributed by atoms with E-state index in [0.717, 1.165) is 4.59 Å². The molecule has 0 aromatic heterocycles. The molecular weight excluding hydrogens is 127 g/mol. The van der Waals surface area contributed by atoms with Crippen molar-refractivity contribution >= 4 is 17.7 Å². The molecule has 1 atom stereocenters. The Hall–Kier alpha value is 0.597. The van der Waals surface area contributed by atoms with Crippen molar-refractivity contribution in [1.29, 1.82) is 0 Å². The summed E-state index contributed by atoms with van der Waals surface area (Å²) >= 11 is 2.31. The van der Waals surface area contributed by atoms with Crippen molar-refractivity contribution in [3.05, 3.63) is 0 Å². The van der Waals surface area contributed by atoms with Crippen molar-refractivity contribution in [2.75, 3.05) is 0 Å². The first-order chi connectivity index (χ1) is 5.27. The first-order valence-corrected chi connectivity index (χ1v) is 5.27. The van der Waals surface area contributed by atoms with Crippen LogP contribution in [0.3, 0.4) is 0 Å². The predicted octanol–water partition coefficient (Wildman–Crippen LogP) is 3.71. The molecule has 11 heavy (non-hydrogen) atoms. The fourth-order valence-electron chi connectivity index (χ4n) is 1.33. The molecule has 0 aromatic carbocycles. The molecule has 0 fully saturated rings. The van der Waals surface area contributed by atoms with Gasteiger partial charge in [0, 0.05) is 0 Å². The van der Waals surface area contributed by atoms with E-state index in [-0.39, 0.29) is 0 Å². The van der Waals surface area contributed by atoms with Gasteiger partial charge < -0.3 is 0 Å². The van der Waals surface area contributed by atoms with E-state index in [1.807, 2.05) is 0 Å². The van der Waals surface area contributed by atoms with E-state index in [1.54, 1.807) is 0 Å². The third kappa shape index (κ3) is 10.6. The van der Waals surface area contributed by atoms with Gasteiger partial charge in [-0.05, 0) is 0 Å². The Morgan fingerprint density at radius 1 is 1.00 bits per heavy atom. The molecule has 0 aliphatic carbocycles. The van der Waals surface area contributed by atoms with E-state index < -0.39 is 0 Å². The van der Waals surface area contributed by atoms with E-state index in [1.165, 1.54) is 44.9 Å². The molecule has 1 unspecified atom stereocenters. The molecule has 0 aromatic rings. The van der Waals surface area contributed by atoms with Gasteiger partial charge in [-0.3, -0.25) is 0 Å². The second kappa shape index (κ2) is 8.69. The molecular formula is C10H21Li. The zero-order chi connectivity index (χ0) is 8.53. The van der Waals surface area contributed by atoms with E-state index in [2.05, 4.69) is 31.6 Å². The third-order valence-electron chi connectivity index (χ3n) is 2.14. The number of hydrogen-bond donors (Lipinski definition) is 0. The third-order valence-corrected chi connectivity index (χ3v) is 2.14. The first-order valence-electron chi connectivity index (χ1n) is 5.27. The maximum atomic E-state index is 2.31. The quantitative estimate of drug-likeness (QED) is 0.381. The van der Waals surface area contributed by atoms with Crippen molar-refractivity contribution in [3.8, 4) is 0 Å². The van der Waals surface area contributed by atoms with Crippen LogP contribution in [0.15, 0.2) is 0 Å². The van der Waals surface area contributed by atoms with E-state index in [4.69, 9.17) is 0 Å². The Morgan fingerprint density at radius 3 is 2.09 bits per heavy atom. The summed E-state index contributed by atoms with van der Waals surface area (Å²) in [5.74, 6) is 0. The number of unbranched alkanes of at least 4 members (excludes halogenated alkanes) is 5. The molecule has 0 heterocycles. The Kier molecular flexibility index (Phi) is 9.16. The van der Waals surface area contributed by atoms with Gasteiger partial charge in [-0.2, -0.15) is 0 Å². The van der Waals surface area contributed by atoms with Crippen LogP contribution >= 0.6 is 0 Å². The minimum atomic E-state index is 0.904. The molecule has 62 valence electrons. The molecule has 0 saturated heterocycles. The van der Waals surface area contributed by atoms with Crippen molar-refractivity contribution in [3.63, 3.8) is 0 Å². The molecule has 0 spiro atoms. The fourth-order valence-corrected chi connectivity index (χ4v) is 1.33.